The van der Waals surface area contributed by atoms with E-state index in [-0.39, 0.29) is 18.0 Å². The second kappa shape index (κ2) is 5.13. The maximum atomic E-state index is 11.6. The van der Waals surface area contributed by atoms with Crippen LogP contribution in [0.3, 0.4) is 0 Å². The first-order chi connectivity index (χ1) is 8.65. The number of carboxylic acids is 1. The van der Waals surface area contributed by atoms with E-state index >= 15 is 0 Å². The smallest absolute Gasteiger partial charge is 0.356 e. The van der Waals surface area contributed by atoms with Gasteiger partial charge in [0, 0.05) is 6.20 Å². The van der Waals surface area contributed by atoms with Gasteiger partial charge in [0.05, 0.1) is 6.42 Å². The highest BCUT2D eigenvalue weighted by molar-refractivity contribution is 5.87. The molecule has 1 aromatic carbocycles. The maximum Gasteiger partial charge on any atom is 0.356 e. The number of carboxylic acid groups (broad SMARTS) is 1. The minimum atomic E-state index is -1.13. The van der Waals surface area contributed by atoms with Gasteiger partial charge in [0.2, 0.25) is 5.91 Å². The van der Waals surface area contributed by atoms with E-state index in [0.717, 1.165) is 10.4 Å². The van der Waals surface area contributed by atoms with E-state index in [2.05, 4.69) is 10.5 Å². The van der Waals surface area contributed by atoms with Gasteiger partial charge in [0.1, 0.15) is 0 Å². The summed E-state index contributed by atoms with van der Waals surface area (Å²) in [7, 11) is 0. The highest BCUT2D eigenvalue weighted by atomic mass is 16.4. The van der Waals surface area contributed by atoms with E-state index < -0.39 is 5.97 Å². The van der Waals surface area contributed by atoms with Crippen LogP contribution in [0.5, 0.6) is 0 Å². The molecule has 0 saturated carbocycles. The fourth-order valence-electron chi connectivity index (χ4n) is 1.45. The normalized spacial score (nSPS) is 10.0. The lowest BCUT2D eigenvalue weighted by Crippen LogP contribution is -2.25. The lowest BCUT2D eigenvalue weighted by atomic mass is 10.1. The number of nitrogens with zero attached hydrogens (tertiary/aromatic N) is 2. The topological polar surface area (TPSA) is 84.2 Å². The molecule has 6 heteroatoms. The van der Waals surface area contributed by atoms with Crippen molar-refractivity contribution in [2.75, 3.05) is 5.43 Å². The number of aromatic carboxylic acids is 1. The standard InChI is InChI=1S/C12H11N3O3/c16-11(8-9-4-2-1-3-5-9)14-15-7-6-10(13-15)12(17)18/h1-7H,8H2,(H,14,16)(H,17,18). The summed E-state index contributed by atoms with van der Waals surface area (Å²) in [6, 6.07) is 10.5. The zero-order valence-electron chi connectivity index (χ0n) is 9.41. The molecule has 2 N–H and O–H groups in total. The fraction of sp³-hybridized carbons (Fsp3) is 0.0833. The van der Waals surface area contributed by atoms with E-state index in [0.29, 0.717) is 0 Å². The van der Waals surface area contributed by atoms with Gasteiger partial charge in [-0.2, -0.15) is 4.79 Å². The van der Waals surface area contributed by atoms with Crippen molar-refractivity contribution in [2.24, 2.45) is 0 Å². The molecule has 0 saturated heterocycles. The number of aromatic nitrogens is 2. The molecule has 0 fully saturated rings. The molecule has 2 aromatic rings. The number of nitrogens with one attached hydrogen (secondary N) is 1. The van der Waals surface area contributed by atoms with Crippen LogP contribution in [0.25, 0.3) is 0 Å². The van der Waals surface area contributed by atoms with Crippen molar-refractivity contribution in [3.63, 3.8) is 0 Å². The highest BCUT2D eigenvalue weighted by Crippen LogP contribution is 2.00. The first-order valence-electron chi connectivity index (χ1n) is 5.28. The SMILES string of the molecule is O=C(Cc1ccccc1)Nn1ccc(C(=O)O)n1. The van der Waals surface area contributed by atoms with Gasteiger partial charge in [-0.1, -0.05) is 30.3 Å². The predicted octanol–water partition coefficient (Wildman–Crippen LogP) is 0.894. The average Bonchev–Trinajstić information content (AvgIpc) is 2.78. The predicted molar refractivity (Wildman–Crippen MR) is 63.7 cm³/mol. The van der Waals surface area contributed by atoms with Crippen molar-refractivity contribution < 1.29 is 14.7 Å². The number of benzene rings is 1. The molecule has 92 valence electrons. The van der Waals surface area contributed by atoms with Crippen LogP contribution in [0.15, 0.2) is 42.6 Å². The van der Waals surface area contributed by atoms with Crippen molar-refractivity contribution in [2.45, 2.75) is 6.42 Å². The Balaban J connectivity index is 1.97. The molecule has 18 heavy (non-hydrogen) atoms. The molecule has 0 aliphatic rings. The van der Waals surface area contributed by atoms with Gasteiger partial charge in [-0.15, -0.1) is 5.10 Å². The molecule has 0 unspecified atom stereocenters. The third-order valence-electron chi connectivity index (χ3n) is 2.25. The number of rotatable bonds is 4. The summed E-state index contributed by atoms with van der Waals surface area (Å²) in [5.41, 5.74) is 3.23. The molecule has 0 aliphatic carbocycles. The van der Waals surface area contributed by atoms with Gasteiger partial charge in [-0.25, -0.2) is 10.2 Å². The van der Waals surface area contributed by atoms with Crippen LogP contribution in [-0.4, -0.2) is 26.9 Å². The van der Waals surface area contributed by atoms with Gasteiger partial charge >= 0.3 is 5.97 Å². The summed E-state index contributed by atoms with van der Waals surface area (Å²) < 4.78 is 0. The van der Waals surface area contributed by atoms with E-state index in [1.165, 1.54) is 12.3 Å². The molecule has 0 atom stereocenters. The number of hydrogen-bond donors (Lipinski definition) is 2. The van der Waals surface area contributed by atoms with Crippen LogP contribution in [0.4, 0.5) is 0 Å². The van der Waals surface area contributed by atoms with Crippen LogP contribution < -0.4 is 5.43 Å². The average molecular weight is 245 g/mol. The van der Waals surface area contributed by atoms with Crippen molar-refractivity contribution in [3.8, 4) is 0 Å². The van der Waals surface area contributed by atoms with Crippen molar-refractivity contribution in [1.29, 1.82) is 0 Å². The lowest BCUT2D eigenvalue weighted by Gasteiger charge is -2.04. The third kappa shape index (κ3) is 2.94. The van der Waals surface area contributed by atoms with Crippen LogP contribution in [0.1, 0.15) is 16.1 Å². The van der Waals surface area contributed by atoms with Gasteiger partial charge in [-0.05, 0) is 11.6 Å². The van der Waals surface area contributed by atoms with E-state index in [1.54, 1.807) is 0 Å². The summed E-state index contributed by atoms with van der Waals surface area (Å²) in [6.07, 6.45) is 1.59. The molecule has 6 nitrogen and oxygen atoms in total. The van der Waals surface area contributed by atoms with Gasteiger partial charge in [-0.3, -0.25) is 4.79 Å². The molecule has 1 aromatic heterocycles. The quantitative estimate of drug-likeness (QED) is 0.838. The molecule has 0 aliphatic heterocycles. The zero-order valence-corrected chi connectivity index (χ0v) is 9.41. The first-order valence-corrected chi connectivity index (χ1v) is 5.28. The second-order valence-corrected chi connectivity index (χ2v) is 3.65. The number of amides is 1. The Kier molecular flexibility index (Phi) is 3.38. The van der Waals surface area contributed by atoms with Crippen molar-refractivity contribution in [1.82, 2.24) is 9.89 Å². The minimum Gasteiger partial charge on any atom is -0.476 e. The molecule has 0 radical (unpaired) electrons. The Morgan fingerprint density at radius 1 is 1.22 bits per heavy atom. The van der Waals surface area contributed by atoms with Crippen LogP contribution in [0, 0.1) is 0 Å². The minimum absolute atomic E-state index is 0.116. The second-order valence-electron chi connectivity index (χ2n) is 3.65. The van der Waals surface area contributed by atoms with Crippen LogP contribution in [0.2, 0.25) is 0 Å². The van der Waals surface area contributed by atoms with Gasteiger partial charge < -0.3 is 5.11 Å². The Morgan fingerprint density at radius 3 is 2.56 bits per heavy atom. The van der Waals surface area contributed by atoms with Crippen molar-refractivity contribution >= 4 is 11.9 Å². The Bertz CT molecular complexity index is 563. The summed E-state index contributed by atoms with van der Waals surface area (Å²) >= 11 is 0. The molecule has 1 heterocycles. The molecule has 0 spiro atoms. The lowest BCUT2D eigenvalue weighted by molar-refractivity contribution is -0.116. The molecule has 2 rings (SSSR count). The number of carbonyl (C=O) groups is 2. The van der Waals surface area contributed by atoms with E-state index in [4.69, 9.17) is 5.11 Å². The molecule has 1 amide bonds. The number of carbonyl (C=O) groups excluding carboxylic acids is 1. The Hall–Kier alpha value is -2.63. The number of hydrogen-bond acceptors (Lipinski definition) is 3. The highest BCUT2D eigenvalue weighted by Gasteiger charge is 2.08. The first kappa shape index (κ1) is 11.8. The van der Waals surface area contributed by atoms with Crippen LogP contribution in [-0.2, 0) is 11.2 Å². The zero-order chi connectivity index (χ0) is 13.0. The third-order valence-corrected chi connectivity index (χ3v) is 2.25. The maximum absolute atomic E-state index is 11.6. The van der Waals surface area contributed by atoms with Gasteiger partial charge in [0.25, 0.3) is 0 Å². The van der Waals surface area contributed by atoms with Gasteiger partial charge in [0.15, 0.2) is 5.69 Å². The Labute approximate surface area is 103 Å². The molecule has 0 bridgehead atoms. The summed E-state index contributed by atoms with van der Waals surface area (Å²) in [5.74, 6) is -1.40. The molecular weight excluding hydrogens is 234 g/mol. The van der Waals surface area contributed by atoms with E-state index in [9.17, 15) is 9.59 Å². The van der Waals surface area contributed by atoms with E-state index in [1.807, 2.05) is 30.3 Å². The fourth-order valence-corrected chi connectivity index (χ4v) is 1.45. The van der Waals surface area contributed by atoms with Crippen LogP contribution >= 0.6 is 0 Å². The summed E-state index contributed by atoms with van der Waals surface area (Å²) in [4.78, 5) is 23.3. The largest absolute Gasteiger partial charge is 0.476 e. The Morgan fingerprint density at radius 2 is 1.94 bits per heavy atom. The summed E-state index contributed by atoms with van der Waals surface area (Å²) in [5, 5.41) is 12.4. The monoisotopic (exact) mass is 245 g/mol. The van der Waals surface area contributed by atoms with Crippen molar-refractivity contribution in [3.05, 3.63) is 53.9 Å². The molecular formula is C12H11N3O3. The summed E-state index contributed by atoms with van der Waals surface area (Å²) in [6.45, 7) is 0.